The Labute approximate surface area is 123 Å². The number of rotatable bonds is 5. The van der Waals surface area contributed by atoms with Crippen molar-refractivity contribution < 1.29 is 23.8 Å². The highest BCUT2D eigenvalue weighted by Crippen LogP contribution is 2.22. The fourth-order valence-electron chi connectivity index (χ4n) is 1.78. The van der Waals surface area contributed by atoms with E-state index in [0.717, 1.165) is 0 Å². The highest BCUT2D eigenvalue weighted by atomic mass is 19.1. The first kappa shape index (κ1) is 16.9. The number of nitrogens with one attached hydrogen (secondary N) is 1. The lowest BCUT2D eigenvalue weighted by Crippen LogP contribution is -2.35. The molecule has 0 aliphatic rings. The van der Waals surface area contributed by atoms with E-state index in [1.807, 2.05) is 0 Å². The Hall–Kier alpha value is -2.11. The zero-order chi connectivity index (χ0) is 16.0. The average Bonchev–Trinajstić information content (AvgIpc) is 2.33. The van der Waals surface area contributed by atoms with Crippen LogP contribution >= 0.6 is 0 Å². The molecule has 21 heavy (non-hydrogen) atoms. The molecular weight excluding hydrogens is 277 g/mol. The van der Waals surface area contributed by atoms with Gasteiger partial charge in [-0.25, -0.2) is 9.18 Å². The van der Waals surface area contributed by atoms with Crippen LogP contribution in [0.5, 0.6) is 0 Å². The molecule has 2 N–H and O–H groups in total. The maximum absolute atomic E-state index is 13.8. The molecular formula is C15H20FNO4. The van der Waals surface area contributed by atoms with Gasteiger partial charge >= 0.3 is 12.1 Å². The number of carbonyl (C=O) groups is 2. The Balaban J connectivity index is 2.85. The zero-order valence-corrected chi connectivity index (χ0v) is 12.4. The number of hydrogen-bond acceptors (Lipinski definition) is 3. The molecule has 0 saturated heterocycles. The minimum atomic E-state index is -1.01. The second-order valence-electron chi connectivity index (χ2n) is 5.65. The first-order valence-corrected chi connectivity index (χ1v) is 6.65. The maximum Gasteiger partial charge on any atom is 0.408 e. The minimum absolute atomic E-state index is 0.0789. The van der Waals surface area contributed by atoms with E-state index in [1.54, 1.807) is 26.8 Å². The Kier molecular flexibility index (Phi) is 5.69. The van der Waals surface area contributed by atoms with Crippen LogP contribution in [0.3, 0.4) is 0 Å². The fraction of sp³-hybridized carbons (Fsp3) is 0.467. The van der Waals surface area contributed by atoms with Crippen molar-refractivity contribution in [3.8, 4) is 0 Å². The highest BCUT2D eigenvalue weighted by molar-refractivity contribution is 5.69. The fourth-order valence-corrected chi connectivity index (χ4v) is 1.78. The Morgan fingerprint density at radius 3 is 2.48 bits per heavy atom. The SMILES string of the molecule is CC(C)(C)OC(=O)NC(CCC(=O)O)c1ccccc1F. The number of benzene rings is 1. The van der Waals surface area contributed by atoms with Crippen molar-refractivity contribution in [2.75, 3.05) is 0 Å². The van der Waals surface area contributed by atoms with E-state index in [4.69, 9.17) is 9.84 Å². The van der Waals surface area contributed by atoms with Gasteiger partial charge in [0.1, 0.15) is 11.4 Å². The number of aliphatic carboxylic acids is 1. The lowest BCUT2D eigenvalue weighted by molar-refractivity contribution is -0.137. The quantitative estimate of drug-likeness (QED) is 0.874. The van der Waals surface area contributed by atoms with Gasteiger partial charge in [-0.2, -0.15) is 0 Å². The summed E-state index contributed by atoms with van der Waals surface area (Å²) in [4.78, 5) is 22.5. The molecule has 0 radical (unpaired) electrons. The summed E-state index contributed by atoms with van der Waals surface area (Å²) in [7, 11) is 0. The lowest BCUT2D eigenvalue weighted by atomic mass is 10.0. The molecule has 1 unspecified atom stereocenters. The summed E-state index contributed by atoms with van der Waals surface area (Å²) in [5.41, 5.74) is -0.443. The van der Waals surface area contributed by atoms with Crippen LogP contribution in [0.2, 0.25) is 0 Å². The van der Waals surface area contributed by atoms with E-state index in [9.17, 15) is 14.0 Å². The minimum Gasteiger partial charge on any atom is -0.481 e. The van der Waals surface area contributed by atoms with Gasteiger partial charge in [0.05, 0.1) is 6.04 Å². The van der Waals surface area contributed by atoms with Gasteiger partial charge in [-0.05, 0) is 33.3 Å². The Morgan fingerprint density at radius 1 is 1.33 bits per heavy atom. The highest BCUT2D eigenvalue weighted by Gasteiger charge is 2.22. The monoisotopic (exact) mass is 297 g/mol. The number of hydrogen-bond donors (Lipinski definition) is 2. The van der Waals surface area contributed by atoms with Crippen LogP contribution in [0, 0.1) is 5.82 Å². The summed E-state index contributed by atoms with van der Waals surface area (Å²) in [6.07, 6.45) is -0.814. The van der Waals surface area contributed by atoms with E-state index in [-0.39, 0.29) is 18.4 Å². The third-order valence-corrected chi connectivity index (χ3v) is 2.62. The maximum atomic E-state index is 13.8. The van der Waals surface area contributed by atoms with Crippen LogP contribution in [0.4, 0.5) is 9.18 Å². The summed E-state index contributed by atoms with van der Waals surface area (Å²) in [5.74, 6) is -1.51. The van der Waals surface area contributed by atoms with Gasteiger partial charge in [0.15, 0.2) is 0 Å². The number of carbonyl (C=O) groups excluding carboxylic acids is 1. The molecule has 0 fully saturated rings. The first-order valence-electron chi connectivity index (χ1n) is 6.65. The number of alkyl carbamates (subject to hydrolysis) is 1. The van der Waals surface area contributed by atoms with E-state index in [0.29, 0.717) is 0 Å². The number of halogens is 1. The van der Waals surface area contributed by atoms with Gasteiger partial charge in [-0.1, -0.05) is 18.2 Å². The summed E-state index contributed by atoms with van der Waals surface area (Å²) in [6, 6.07) is 5.18. The summed E-state index contributed by atoms with van der Waals surface area (Å²) >= 11 is 0. The summed E-state index contributed by atoms with van der Waals surface area (Å²) in [6.45, 7) is 5.13. The van der Waals surface area contributed by atoms with Crippen molar-refractivity contribution in [3.05, 3.63) is 35.6 Å². The normalized spacial score (nSPS) is 12.6. The van der Waals surface area contributed by atoms with E-state index in [1.165, 1.54) is 18.2 Å². The summed E-state index contributed by atoms with van der Waals surface area (Å²) in [5, 5.41) is 11.3. The van der Waals surface area contributed by atoms with Gasteiger partial charge < -0.3 is 15.2 Å². The molecule has 0 bridgehead atoms. The molecule has 1 aromatic rings. The van der Waals surface area contributed by atoms with Crippen LogP contribution in [0.25, 0.3) is 0 Å². The standard InChI is InChI=1S/C15H20FNO4/c1-15(2,3)21-14(20)17-12(8-9-13(18)19)10-6-4-5-7-11(10)16/h4-7,12H,8-9H2,1-3H3,(H,17,20)(H,18,19). The molecule has 1 rings (SSSR count). The predicted octanol–water partition coefficient (Wildman–Crippen LogP) is 3.26. The molecule has 1 aromatic carbocycles. The summed E-state index contributed by atoms with van der Waals surface area (Å²) < 4.78 is 18.9. The molecule has 116 valence electrons. The van der Waals surface area contributed by atoms with Gasteiger partial charge in [-0.3, -0.25) is 4.79 Å². The molecule has 1 atom stereocenters. The smallest absolute Gasteiger partial charge is 0.408 e. The van der Waals surface area contributed by atoms with Gasteiger partial charge in [0.2, 0.25) is 0 Å². The zero-order valence-electron chi connectivity index (χ0n) is 12.4. The number of amides is 1. The van der Waals surface area contributed by atoms with Crippen LogP contribution in [-0.4, -0.2) is 22.8 Å². The number of carboxylic acid groups (broad SMARTS) is 1. The molecule has 0 spiro atoms. The third kappa shape index (κ3) is 6.25. The molecule has 0 aromatic heterocycles. The molecule has 6 heteroatoms. The Bertz CT molecular complexity index is 511. The molecule has 1 amide bonds. The third-order valence-electron chi connectivity index (χ3n) is 2.62. The Morgan fingerprint density at radius 2 is 1.95 bits per heavy atom. The topological polar surface area (TPSA) is 75.6 Å². The van der Waals surface area contributed by atoms with E-state index in [2.05, 4.69) is 5.32 Å². The van der Waals surface area contributed by atoms with Crippen molar-refractivity contribution in [3.63, 3.8) is 0 Å². The van der Waals surface area contributed by atoms with Crippen molar-refractivity contribution in [1.29, 1.82) is 0 Å². The predicted molar refractivity (Wildman–Crippen MR) is 75.4 cm³/mol. The molecule has 0 heterocycles. The second kappa shape index (κ2) is 7.06. The van der Waals surface area contributed by atoms with Crippen LogP contribution in [0.15, 0.2) is 24.3 Å². The number of carboxylic acids is 1. The molecule has 0 aliphatic carbocycles. The largest absolute Gasteiger partial charge is 0.481 e. The lowest BCUT2D eigenvalue weighted by Gasteiger charge is -2.24. The molecule has 0 saturated carbocycles. The molecule has 5 nitrogen and oxygen atoms in total. The first-order chi connectivity index (χ1) is 9.69. The van der Waals surface area contributed by atoms with Gasteiger partial charge in [0, 0.05) is 12.0 Å². The second-order valence-corrected chi connectivity index (χ2v) is 5.65. The van der Waals surface area contributed by atoms with E-state index < -0.39 is 29.5 Å². The average molecular weight is 297 g/mol. The van der Waals surface area contributed by atoms with Gasteiger partial charge in [-0.15, -0.1) is 0 Å². The van der Waals surface area contributed by atoms with Crippen molar-refractivity contribution >= 4 is 12.1 Å². The van der Waals surface area contributed by atoms with E-state index >= 15 is 0 Å². The molecule has 0 aliphatic heterocycles. The van der Waals surface area contributed by atoms with Crippen molar-refractivity contribution in [2.24, 2.45) is 0 Å². The van der Waals surface area contributed by atoms with Crippen LogP contribution in [-0.2, 0) is 9.53 Å². The number of ether oxygens (including phenoxy) is 1. The van der Waals surface area contributed by atoms with Crippen LogP contribution in [0.1, 0.15) is 45.2 Å². The van der Waals surface area contributed by atoms with Crippen molar-refractivity contribution in [1.82, 2.24) is 5.32 Å². The van der Waals surface area contributed by atoms with Gasteiger partial charge in [0.25, 0.3) is 0 Å². The van der Waals surface area contributed by atoms with Crippen molar-refractivity contribution in [2.45, 2.75) is 45.3 Å². The van der Waals surface area contributed by atoms with Crippen LogP contribution < -0.4 is 5.32 Å².